The molecule has 4 heteroatoms. The van der Waals surface area contributed by atoms with E-state index in [2.05, 4.69) is 15.9 Å². The Bertz CT molecular complexity index is 699. The normalized spacial score (nSPS) is 15.8. The van der Waals surface area contributed by atoms with Crippen molar-refractivity contribution in [3.63, 3.8) is 0 Å². The Hall–Kier alpha value is -1.65. The summed E-state index contributed by atoms with van der Waals surface area (Å²) in [5.74, 6) is 0.140. The van der Waals surface area contributed by atoms with Crippen LogP contribution in [0.2, 0.25) is 0 Å². The van der Waals surface area contributed by atoms with Gasteiger partial charge in [0, 0.05) is 23.6 Å². The Morgan fingerprint density at radius 3 is 2.71 bits per heavy atom. The maximum Gasteiger partial charge on any atom is 0.227 e. The zero-order valence-electron chi connectivity index (χ0n) is 11.7. The minimum Gasteiger partial charge on any atom is -0.384 e. The molecule has 0 fully saturated rings. The number of aliphatic hydroxyl groups is 1. The molecule has 3 rings (SSSR count). The number of aliphatic hydroxyl groups excluding tert-OH is 1. The lowest BCUT2D eigenvalue weighted by Gasteiger charge is -2.26. The molecule has 3 nitrogen and oxygen atoms in total. The van der Waals surface area contributed by atoms with Crippen LogP contribution < -0.4 is 4.90 Å². The number of benzene rings is 2. The Kier molecular flexibility index (Phi) is 3.83. The number of hydrogen-bond donors (Lipinski definition) is 1. The van der Waals surface area contributed by atoms with Crippen LogP contribution in [-0.4, -0.2) is 18.1 Å². The molecule has 0 aromatic heterocycles. The van der Waals surface area contributed by atoms with E-state index in [1.165, 1.54) is 0 Å². The summed E-state index contributed by atoms with van der Waals surface area (Å²) < 4.78 is 0.891. The van der Waals surface area contributed by atoms with Crippen LogP contribution >= 0.6 is 15.9 Å². The van der Waals surface area contributed by atoms with Gasteiger partial charge in [0.1, 0.15) is 6.10 Å². The largest absolute Gasteiger partial charge is 0.384 e. The van der Waals surface area contributed by atoms with Gasteiger partial charge in [0.05, 0.1) is 0 Å². The van der Waals surface area contributed by atoms with Crippen LogP contribution in [0.5, 0.6) is 0 Å². The van der Waals surface area contributed by atoms with Crippen LogP contribution in [0.25, 0.3) is 0 Å². The second kappa shape index (κ2) is 5.62. The maximum absolute atomic E-state index is 11.7. The monoisotopic (exact) mass is 345 g/mol. The Labute approximate surface area is 132 Å². The first-order valence-corrected chi connectivity index (χ1v) is 7.69. The average molecular weight is 346 g/mol. The molecule has 1 aliphatic rings. The first kappa shape index (κ1) is 14.3. The number of hydrogen-bond acceptors (Lipinski definition) is 2. The second-order valence-corrected chi connectivity index (χ2v) is 6.12. The fourth-order valence-electron chi connectivity index (χ4n) is 2.72. The van der Waals surface area contributed by atoms with Crippen molar-refractivity contribution in [2.75, 3.05) is 11.9 Å². The number of aryl methyl sites for hydroxylation is 1. The zero-order valence-corrected chi connectivity index (χ0v) is 13.3. The minimum absolute atomic E-state index is 0.140. The lowest BCUT2D eigenvalue weighted by Crippen LogP contribution is -2.31. The van der Waals surface area contributed by atoms with E-state index in [1.54, 1.807) is 11.9 Å². The molecule has 1 atom stereocenters. The number of rotatable bonds is 2. The summed E-state index contributed by atoms with van der Waals surface area (Å²) in [7, 11) is 1.80. The molecule has 2 aromatic carbocycles. The van der Waals surface area contributed by atoms with E-state index in [-0.39, 0.29) is 5.91 Å². The molecule has 108 valence electrons. The van der Waals surface area contributed by atoms with Gasteiger partial charge in [0.25, 0.3) is 0 Å². The average Bonchev–Trinajstić information content (AvgIpc) is 2.50. The summed E-state index contributed by atoms with van der Waals surface area (Å²) in [6, 6.07) is 13.5. The van der Waals surface area contributed by atoms with Gasteiger partial charge < -0.3 is 10.0 Å². The lowest BCUT2D eigenvalue weighted by atomic mass is 9.95. The van der Waals surface area contributed by atoms with E-state index in [0.717, 1.165) is 33.3 Å². The van der Waals surface area contributed by atoms with Crippen molar-refractivity contribution in [3.8, 4) is 0 Å². The van der Waals surface area contributed by atoms with E-state index in [4.69, 9.17) is 0 Å². The molecule has 21 heavy (non-hydrogen) atoms. The van der Waals surface area contributed by atoms with Crippen LogP contribution in [0.1, 0.15) is 29.2 Å². The summed E-state index contributed by atoms with van der Waals surface area (Å²) in [4.78, 5) is 13.4. The quantitative estimate of drug-likeness (QED) is 0.905. The Morgan fingerprint density at radius 1 is 1.19 bits per heavy atom. The molecule has 0 saturated heterocycles. The van der Waals surface area contributed by atoms with Gasteiger partial charge in [-0.25, -0.2) is 0 Å². The SMILES string of the molecule is CN1C(=O)CCc2cc(C(O)c3ccccc3Br)ccc21. The first-order chi connectivity index (χ1) is 10.1. The smallest absolute Gasteiger partial charge is 0.227 e. The summed E-state index contributed by atoms with van der Waals surface area (Å²) in [6.07, 6.45) is 0.585. The lowest BCUT2D eigenvalue weighted by molar-refractivity contribution is -0.118. The van der Waals surface area contributed by atoms with Crippen LogP contribution in [0, 0.1) is 0 Å². The van der Waals surface area contributed by atoms with E-state index in [9.17, 15) is 9.90 Å². The van der Waals surface area contributed by atoms with Crippen LogP contribution in [0.3, 0.4) is 0 Å². The molecular weight excluding hydrogens is 330 g/mol. The summed E-state index contributed by atoms with van der Waals surface area (Å²) in [6.45, 7) is 0. The fraction of sp³-hybridized carbons (Fsp3) is 0.235. The highest BCUT2D eigenvalue weighted by Crippen LogP contribution is 2.33. The number of carbonyl (C=O) groups is 1. The van der Waals surface area contributed by atoms with Crippen molar-refractivity contribution < 1.29 is 9.90 Å². The van der Waals surface area contributed by atoms with Gasteiger partial charge in [-0.15, -0.1) is 0 Å². The van der Waals surface area contributed by atoms with Gasteiger partial charge in [0.15, 0.2) is 0 Å². The molecule has 1 unspecified atom stereocenters. The first-order valence-electron chi connectivity index (χ1n) is 6.90. The molecule has 1 aliphatic heterocycles. The molecule has 1 N–H and O–H groups in total. The Morgan fingerprint density at radius 2 is 1.95 bits per heavy atom. The van der Waals surface area contributed by atoms with Crippen molar-refractivity contribution in [1.82, 2.24) is 0 Å². The predicted octanol–water partition coefficient (Wildman–Crippen LogP) is 3.44. The highest BCUT2D eigenvalue weighted by molar-refractivity contribution is 9.10. The number of fused-ring (bicyclic) bond motifs is 1. The van der Waals surface area contributed by atoms with Gasteiger partial charge in [-0.05, 0) is 35.2 Å². The van der Waals surface area contributed by atoms with E-state index in [1.807, 2.05) is 42.5 Å². The van der Waals surface area contributed by atoms with Crippen molar-refractivity contribution in [3.05, 3.63) is 63.6 Å². The summed E-state index contributed by atoms with van der Waals surface area (Å²) >= 11 is 3.47. The van der Waals surface area contributed by atoms with Crippen LogP contribution in [-0.2, 0) is 11.2 Å². The molecule has 1 amide bonds. The fourth-order valence-corrected chi connectivity index (χ4v) is 3.22. The standard InChI is InChI=1S/C17H16BrNO2/c1-19-15-8-6-12(10-11(15)7-9-16(19)20)17(21)13-4-2-3-5-14(13)18/h2-6,8,10,17,21H,7,9H2,1H3. The van der Waals surface area contributed by atoms with Gasteiger partial charge in [-0.2, -0.15) is 0 Å². The molecule has 0 spiro atoms. The van der Waals surface area contributed by atoms with Crippen molar-refractivity contribution in [1.29, 1.82) is 0 Å². The molecule has 0 aliphatic carbocycles. The van der Waals surface area contributed by atoms with Crippen molar-refractivity contribution in [2.45, 2.75) is 18.9 Å². The number of anilines is 1. The Balaban J connectivity index is 1.98. The van der Waals surface area contributed by atoms with E-state index < -0.39 is 6.10 Å². The highest BCUT2D eigenvalue weighted by atomic mass is 79.9. The predicted molar refractivity (Wildman–Crippen MR) is 86.4 cm³/mol. The number of carbonyl (C=O) groups excluding carboxylic acids is 1. The van der Waals surface area contributed by atoms with Crippen molar-refractivity contribution >= 4 is 27.5 Å². The molecule has 1 heterocycles. The molecule has 0 saturated carbocycles. The third-order valence-corrected chi connectivity index (χ3v) is 4.68. The molecule has 0 bridgehead atoms. The van der Waals surface area contributed by atoms with Gasteiger partial charge >= 0.3 is 0 Å². The third kappa shape index (κ3) is 2.61. The second-order valence-electron chi connectivity index (χ2n) is 5.26. The number of amides is 1. The van der Waals surface area contributed by atoms with E-state index in [0.29, 0.717) is 6.42 Å². The molecule has 2 aromatic rings. The number of halogens is 1. The molecular formula is C17H16BrNO2. The van der Waals surface area contributed by atoms with Gasteiger partial charge in [-0.3, -0.25) is 4.79 Å². The number of nitrogens with zero attached hydrogens (tertiary/aromatic N) is 1. The maximum atomic E-state index is 11.7. The van der Waals surface area contributed by atoms with Crippen LogP contribution in [0.15, 0.2) is 46.9 Å². The highest BCUT2D eigenvalue weighted by Gasteiger charge is 2.22. The third-order valence-electron chi connectivity index (χ3n) is 3.96. The van der Waals surface area contributed by atoms with Gasteiger partial charge in [0.2, 0.25) is 5.91 Å². The topological polar surface area (TPSA) is 40.5 Å². The van der Waals surface area contributed by atoms with E-state index >= 15 is 0 Å². The summed E-state index contributed by atoms with van der Waals surface area (Å²) in [5, 5.41) is 10.6. The summed E-state index contributed by atoms with van der Waals surface area (Å²) in [5.41, 5.74) is 3.75. The zero-order chi connectivity index (χ0) is 15.0. The van der Waals surface area contributed by atoms with Crippen LogP contribution in [0.4, 0.5) is 5.69 Å². The van der Waals surface area contributed by atoms with Gasteiger partial charge in [-0.1, -0.05) is 46.3 Å². The minimum atomic E-state index is -0.672. The van der Waals surface area contributed by atoms with Crippen molar-refractivity contribution in [2.24, 2.45) is 0 Å². The molecule has 0 radical (unpaired) electrons.